The van der Waals surface area contributed by atoms with E-state index in [0.717, 1.165) is 47.9 Å². The van der Waals surface area contributed by atoms with Crippen LogP contribution in [0, 0.1) is 17.0 Å². The molecule has 4 aromatic rings. The predicted molar refractivity (Wildman–Crippen MR) is 128 cm³/mol. The molecule has 0 radical (unpaired) electrons. The number of aromatic nitrogens is 5. The summed E-state index contributed by atoms with van der Waals surface area (Å²) in [7, 11) is 1.64. The molecule has 172 valence electrons. The Morgan fingerprint density at radius 1 is 1.21 bits per heavy atom. The van der Waals surface area contributed by atoms with E-state index in [0.29, 0.717) is 11.4 Å². The van der Waals surface area contributed by atoms with Gasteiger partial charge in [-0.3, -0.25) is 10.1 Å². The number of ether oxygens (including phenoxy) is 1. The molecule has 1 aliphatic heterocycles. The van der Waals surface area contributed by atoms with Crippen molar-refractivity contribution in [2.45, 2.75) is 32.2 Å². The number of nitro groups is 1. The first-order valence-corrected chi connectivity index (χ1v) is 11.1. The Morgan fingerprint density at radius 2 is 2.06 bits per heavy atom. The fourth-order valence-electron chi connectivity index (χ4n) is 4.42. The topological polar surface area (TPSA) is 101 Å². The van der Waals surface area contributed by atoms with Crippen LogP contribution >= 0.6 is 0 Å². The molecule has 0 saturated heterocycles. The summed E-state index contributed by atoms with van der Waals surface area (Å²) in [5, 5.41) is 16.2. The standard InChI is InChI=1S/C25H24N6O3/c1-17-15-29(16-26-17)22-11-9-18(14-23(22)34-2)10-12-24-27-25-20(7-5-13-30(25)28-24)19-6-3-4-8-21(19)31(32)33/h3-4,6,8-12,14-16,20H,5,7,13H2,1-2H3. The zero-order chi connectivity index (χ0) is 23.7. The van der Waals surface area contributed by atoms with Gasteiger partial charge in [-0.1, -0.05) is 30.3 Å². The van der Waals surface area contributed by atoms with E-state index in [2.05, 4.69) is 10.1 Å². The number of imidazole rings is 1. The lowest BCUT2D eigenvalue weighted by Crippen LogP contribution is -2.18. The molecule has 5 rings (SSSR count). The Labute approximate surface area is 196 Å². The number of hydrogen-bond acceptors (Lipinski definition) is 6. The minimum Gasteiger partial charge on any atom is -0.495 e. The molecule has 0 N–H and O–H groups in total. The molecule has 0 amide bonds. The molecule has 2 aromatic heterocycles. The molecule has 0 bridgehead atoms. The SMILES string of the molecule is COc1cc(C=Cc2nc3n(n2)CCCC3c2ccccc2[N+](=O)[O-])ccc1-n1cnc(C)c1. The molecule has 0 fully saturated rings. The maximum Gasteiger partial charge on any atom is 0.273 e. The minimum atomic E-state index is -0.326. The molecule has 9 heteroatoms. The van der Waals surface area contributed by atoms with Gasteiger partial charge in [-0.15, -0.1) is 0 Å². The Hall–Kier alpha value is -4.27. The molecular weight excluding hydrogens is 432 g/mol. The molecule has 2 aromatic carbocycles. The summed E-state index contributed by atoms with van der Waals surface area (Å²) in [4.78, 5) is 20.2. The van der Waals surface area contributed by atoms with Crippen molar-refractivity contribution in [2.75, 3.05) is 7.11 Å². The molecule has 0 saturated carbocycles. The molecule has 1 aliphatic rings. The van der Waals surface area contributed by atoms with Crippen molar-refractivity contribution < 1.29 is 9.66 Å². The van der Waals surface area contributed by atoms with Gasteiger partial charge in [0.25, 0.3) is 5.69 Å². The normalized spacial score (nSPS) is 15.4. The number of para-hydroxylation sites is 1. The third-order valence-corrected chi connectivity index (χ3v) is 6.02. The van der Waals surface area contributed by atoms with Crippen molar-refractivity contribution in [3.8, 4) is 11.4 Å². The number of aryl methyl sites for hydroxylation is 2. The minimum absolute atomic E-state index is 0.126. The van der Waals surface area contributed by atoms with E-state index < -0.39 is 0 Å². The van der Waals surface area contributed by atoms with Crippen LogP contribution in [0.1, 0.15) is 47.2 Å². The van der Waals surface area contributed by atoms with Gasteiger partial charge in [0.1, 0.15) is 11.6 Å². The monoisotopic (exact) mass is 456 g/mol. The number of nitro benzene ring substituents is 1. The van der Waals surface area contributed by atoms with E-state index in [1.54, 1.807) is 25.6 Å². The Kier molecular flexibility index (Phi) is 5.67. The van der Waals surface area contributed by atoms with Crippen LogP contribution < -0.4 is 4.74 Å². The van der Waals surface area contributed by atoms with E-state index in [4.69, 9.17) is 9.72 Å². The molecular formula is C25H24N6O3. The molecule has 0 aliphatic carbocycles. The largest absolute Gasteiger partial charge is 0.495 e. The van der Waals surface area contributed by atoms with Crippen molar-refractivity contribution in [3.63, 3.8) is 0 Å². The second kappa shape index (κ2) is 8.93. The highest BCUT2D eigenvalue weighted by atomic mass is 16.6. The summed E-state index contributed by atoms with van der Waals surface area (Å²) >= 11 is 0. The van der Waals surface area contributed by atoms with E-state index in [1.807, 2.05) is 64.9 Å². The van der Waals surface area contributed by atoms with Crippen molar-refractivity contribution in [2.24, 2.45) is 0 Å². The highest BCUT2D eigenvalue weighted by Crippen LogP contribution is 2.37. The number of rotatable bonds is 6. The average molecular weight is 457 g/mol. The first kappa shape index (κ1) is 21.6. The number of benzene rings is 2. The summed E-state index contributed by atoms with van der Waals surface area (Å²) in [5.41, 5.74) is 3.59. The van der Waals surface area contributed by atoms with Gasteiger partial charge in [-0.2, -0.15) is 5.10 Å². The van der Waals surface area contributed by atoms with Crippen LogP contribution in [0.15, 0.2) is 55.0 Å². The van der Waals surface area contributed by atoms with Gasteiger partial charge in [0, 0.05) is 24.4 Å². The number of nitrogens with zero attached hydrogens (tertiary/aromatic N) is 6. The van der Waals surface area contributed by atoms with Crippen LogP contribution in [0.3, 0.4) is 0 Å². The summed E-state index contributed by atoms with van der Waals surface area (Å²) in [6, 6.07) is 12.8. The van der Waals surface area contributed by atoms with E-state index >= 15 is 0 Å². The van der Waals surface area contributed by atoms with Gasteiger partial charge >= 0.3 is 0 Å². The number of fused-ring (bicyclic) bond motifs is 1. The molecule has 3 heterocycles. The molecule has 1 atom stereocenters. The van der Waals surface area contributed by atoms with Gasteiger partial charge < -0.3 is 9.30 Å². The lowest BCUT2D eigenvalue weighted by molar-refractivity contribution is -0.385. The zero-order valence-corrected chi connectivity index (χ0v) is 19.0. The Morgan fingerprint density at radius 3 is 2.82 bits per heavy atom. The lowest BCUT2D eigenvalue weighted by Gasteiger charge is -2.22. The quantitative estimate of drug-likeness (QED) is 0.306. The second-order valence-electron chi connectivity index (χ2n) is 8.25. The average Bonchev–Trinajstić information content (AvgIpc) is 3.48. The molecule has 34 heavy (non-hydrogen) atoms. The molecule has 0 spiro atoms. The van der Waals surface area contributed by atoms with Crippen molar-refractivity contribution in [1.82, 2.24) is 24.3 Å². The van der Waals surface area contributed by atoms with E-state index in [9.17, 15) is 10.1 Å². The molecule has 9 nitrogen and oxygen atoms in total. The predicted octanol–water partition coefficient (Wildman–Crippen LogP) is 4.79. The van der Waals surface area contributed by atoms with Gasteiger partial charge in [0.2, 0.25) is 0 Å². The first-order valence-electron chi connectivity index (χ1n) is 11.1. The highest BCUT2D eigenvalue weighted by molar-refractivity contribution is 5.69. The van der Waals surface area contributed by atoms with Crippen molar-refractivity contribution in [3.05, 3.63) is 93.6 Å². The zero-order valence-electron chi connectivity index (χ0n) is 19.0. The van der Waals surface area contributed by atoms with Gasteiger partial charge in [-0.05, 0) is 43.5 Å². The van der Waals surface area contributed by atoms with E-state index in [-0.39, 0.29) is 16.5 Å². The van der Waals surface area contributed by atoms with Crippen LogP contribution in [0.4, 0.5) is 5.69 Å². The lowest BCUT2D eigenvalue weighted by atomic mass is 9.90. The van der Waals surface area contributed by atoms with Crippen LogP contribution in [-0.2, 0) is 6.54 Å². The third kappa shape index (κ3) is 4.07. The maximum absolute atomic E-state index is 11.5. The third-order valence-electron chi connectivity index (χ3n) is 6.02. The Balaban J connectivity index is 1.43. The number of methoxy groups -OCH3 is 1. The summed E-state index contributed by atoms with van der Waals surface area (Å²) in [6.45, 7) is 2.69. The highest BCUT2D eigenvalue weighted by Gasteiger charge is 2.30. The fourth-order valence-corrected chi connectivity index (χ4v) is 4.42. The van der Waals surface area contributed by atoms with Crippen LogP contribution in [0.25, 0.3) is 17.8 Å². The number of hydrogen-bond donors (Lipinski definition) is 0. The van der Waals surface area contributed by atoms with Gasteiger partial charge in [-0.25, -0.2) is 14.6 Å². The fraction of sp³-hybridized carbons (Fsp3) is 0.240. The maximum atomic E-state index is 11.5. The van der Waals surface area contributed by atoms with Crippen molar-refractivity contribution >= 4 is 17.8 Å². The second-order valence-corrected chi connectivity index (χ2v) is 8.25. The van der Waals surface area contributed by atoms with Gasteiger partial charge in [0.05, 0.1) is 35.7 Å². The first-order chi connectivity index (χ1) is 16.5. The van der Waals surface area contributed by atoms with E-state index in [1.165, 1.54) is 0 Å². The van der Waals surface area contributed by atoms with Crippen LogP contribution in [-0.4, -0.2) is 36.3 Å². The smallest absolute Gasteiger partial charge is 0.273 e. The summed E-state index contributed by atoms with van der Waals surface area (Å²) in [5.74, 6) is 1.92. The van der Waals surface area contributed by atoms with Gasteiger partial charge in [0.15, 0.2) is 5.82 Å². The summed E-state index contributed by atoms with van der Waals surface area (Å²) in [6.07, 6.45) is 9.20. The summed E-state index contributed by atoms with van der Waals surface area (Å²) < 4.78 is 9.39. The van der Waals surface area contributed by atoms with Crippen LogP contribution in [0.5, 0.6) is 5.75 Å². The Bertz CT molecular complexity index is 1390. The van der Waals surface area contributed by atoms with Crippen LogP contribution in [0.2, 0.25) is 0 Å². The molecule has 1 unspecified atom stereocenters. The van der Waals surface area contributed by atoms with Crippen molar-refractivity contribution in [1.29, 1.82) is 0 Å².